The zero-order chi connectivity index (χ0) is 8.72. The number of hydrogen-bond acceptors (Lipinski definition) is 2. The van der Waals surface area contributed by atoms with Crippen molar-refractivity contribution in [2.75, 3.05) is 26.7 Å². The number of rotatable bonds is 3. The first-order valence-electron chi connectivity index (χ1n) is 5.18. The van der Waals surface area contributed by atoms with Crippen LogP contribution in [0, 0.1) is 17.8 Å². The van der Waals surface area contributed by atoms with Crippen molar-refractivity contribution in [2.45, 2.75) is 19.9 Å². The number of nitrogens with zero attached hydrogens (tertiary/aromatic N) is 1. The first-order chi connectivity index (χ1) is 5.79. The fraction of sp³-hybridized carbons (Fsp3) is 1.00. The Balaban J connectivity index is 1.88. The van der Waals surface area contributed by atoms with Crippen LogP contribution in [0.5, 0.6) is 0 Å². The van der Waals surface area contributed by atoms with Gasteiger partial charge in [-0.25, -0.2) is 0 Å². The molecule has 1 unspecified atom stereocenters. The van der Waals surface area contributed by atoms with E-state index in [9.17, 15) is 0 Å². The van der Waals surface area contributed by atoms with Crippen LogP contribution in [-0.2, 0) is 0 Å². The maximum atomic E-state index is 3.29. The van der Waals surface area contributed by atoms with E-state index in [1.54, 1.807) is 0 Å². The smallest absolute Gasteiger partial charge is 0.0102 e. The van der Waals surface area contributed by atoms with Crippen LogP contribution in [0.15, 0.2) is 0 Å². The van der Waals surface area contributed by atoms with Gasteiger partial charge >= 0.3 is 0 Å². The number of likely N-dealkylation sites (tertiary alicyclic amines) is 1. The summed E-state index contributed by atoms with van der Waals surface area (Å²) < 4.78 is 0. The van der Waals surface area contributed by atoms with Crippen molar-refractivity contribution < 1.29 is 0 Å². The van der Waals surface area contributed by atoms with Gasteiger partial charge in [0, 0.05) is 12.6 Å². The number of nitrogens with one attached hydrogen (secondary N) is 1. The molecule has 0 spiro atoms. The lowest BCUT2D eigenvalue weighted by Crippen LogP contribution is -2.33. The van der Waals surface area contributed by atoms with Gasteiger partial charge in [0.2, 0.25) is 0 Å². The lowest BCUT2D eigenvalue weighted by atomic mass is 10.1. The molecule has 2 fully saturated rings. The van der Waals surface area contributed by atoms with Gasteiger partial charge in [0.05, 0.1) is 0 Å². The molecule has 2 nitrogen and oxygen atoms in total. The highest BCUT2D eigenvalue weighted by molar-refractivity contribution is 5.09. The molecule has 2 heteroatoms. The lowest BCUT2D eigenvalue weighted by molar-refractivity contribution is 0.227. The van der Waals surface area contributed by atoms with E-state index in [0.717, 1.165) is 23.8 Å². The summed E-state index contributed by atoms with van der Waals surface area (Å²) in [4.78, 5) is 2.61. The average molecular weight is 168 g/mol. The van der Waals surface area contributed by atoms with Crippen LogP contribution >= 0.6 is 0 Å². The Morgan fingerprint density at radius 1 is 1.50 bits per heavy atom. The highest BCUT2D eigenvalue weighted by atomic mass is 15.2. The summed E-state index contributed by atoms with van der Waals surface area (Å²) in [7, 11) is 2.07. The quantitative estimate of drug-likeness (QED) is 0.670. The van der Waals surface area contributed by atoms with Crippen LogP contribution in [0.25, 0.3) is 0 Å². The van der Waals surface area contributed by atoms with Gasteiger partial charge in [0.15, 0.2) is 0 Å². The van der Waals surface area contributed by atoms with Crippen LogP contribution in [0.1, 0.15) is 13.8 Å². The summed E-state index contributed by atoms with van der Waals surface area (Å²) >= 11 is 0. The highest BCUT2D eigenvalue weighted by Crippen LogP contribution is 2.54. The minimum absolute atomic E-state index is 0.846. The van der Waals surface area contributed by atoms with Crippen molar-refractivity contribution in [3.05, 3.63) is 0 Å². The van der Waals surface area contributed by atoms with Gasteiger partial charge in [-0.1, -0.05) is 6.92 Å². The van der Waals surface area contributed by atoms with Crippen LogP contribution < -0.4 is 5.32 Å². The van der Waals surface area contributed by atoms with Gasteiger partial charge in [-0.3, -0.25) is 0 Å². The standard InChI is InChI=1S/C10H20N2/c1-4-12-6-9-8(5-11-3)10(9)7(12)2/h7-11H,4-6H2,1-3H3/t7-,8?,9+,10-/m1/s1. The van der Waals surface area contributed by atoms with Gasteiger partial charge in [0.25, 0.3) is 0 Å². The minimum atomic E-state index is 0.846. The van der Waals surface area contributed by atoms with Crippen molar-refractivity contribution in [1.29, 1.82) is 0 Å². The van der Waals surface area contributed by atoms with E-state index in [-0.39, 0.29) is 0 Å². The maximum Gasteiger partial charge on any atom is 0.0102 e. The molecule has 1 heterocycles. The van der Waals surface area contributed by atoms with Crippen molar-refractivity contribution in [2.24, 2.45) is 17.8 Å². The van der Waals surface area contributed by atoms with E-state index in [1.807, 2.05) is 0 Å². The summed E-state index contributed by atoms with van der Waals surface area (Å²) in [5, 5.41) is 3.29. The monoisotopic (exact) mass is 168 g/mol. The Morgan fingerprint density at radius 2 is 2.25 bits per heavy atom. The molecule has 2 rings (SSSR count). The molecule has 2 aliphatic rings. The van der Waals surface area contributed by atoms with Crippen LogP contribution in [-0.4, -0.2) is 37.6 Å². The molecule has 12 heavy (non-hydrogen) atoms. The predicted molar refractivity (Wildman–Crippen MR) is 51.1 cm³/mol. The normalized spacial score (nSPS) is 46.2. The topological polar surface area (TPSA) is 15.3 Å². The predicted octanol–water partition coefficient (Wildman–Crippen LogP) is 0.792. The first-order valence-corrected chi connectivity index (χ1v) is 5.18. The van der Waals surface area contributed by atoms with Crippen molar-refractivity contribution in [3.8, 4) is 0 Å². The fourth-order valence-electron chi connectivity index (χ4n) is 3.07. The molecule has 4 atom stereocenters. The Morgan fingerprint density at radius 3 is 2.67 bits per heavy atom. The molecule has 1 saturated carbocycles. The number of fused-ring (bicyclic) bond motifs is 1. The summed E-state index contributed by atoms with van der Waals surface area (Å²) in [6.07, 6.45) is 0. The van der Waals surface area contributed by atoms with Crippen LogP contribution in [0.4, 0.5) is 0 Å². The van der Waals surface area contributed by atoms with Crippen LogP contribution in [0.2, 0.25) is 0 Å². The van der Waals surface area contributed by atoms with E-state index in [4.69, 9.17) is 0 Å². The van der Waals surface area contributed by atoms with E-state index in [2.05, 4.69) is 31.1 Å². The molecule has 0 amide bonds. The summed E-state index contributed by atoms with van der Waals surface area (Å²) in [6.45, 7) is 8.49. The van der Waals surface area contributed by atoms with Crippen molar-refractivity contribution >= 4 is 0 Å². The third-order valence-corrected chi connectivity index (χ3v) is 3.82. The Kier molecular flexibility index (Phi) is 2.13. The summed E-state index contributed by atoms with van der Waals surface area (Å²) in [6, 6.07) is 0.846. The minimum Gasteiger partial charge on any atom is -0.319 e. The molecule has 1 aliphatic heterocycles. The zero-order valence-corrected chi connectivity index (χ0v) is 8.38. The lowest BCUT2D eigenvalue weighted by Gasteiger charge is -2.24. The maximum absolute atomic E-state index is 3.29. The molecule has 0 aromatic heterocycles. The molecule has 0 bridgehead atoms. The van der Waals surface area contributed by atoms with Gasteiger partial charge in [-0.2, -0.15) is 0 Å². The molecule has 1 N–H and O–H groups in total. The van der Waals surface area contributed by atoms with Gasteiger partial charge in [-0.15, -0.1) is 0 Å². The first kappa shape index (κ1) is 8.52. The second kappa shape index (κ2) is 3.00. The van der Waals surface area contributed by atoms with E-state index >= 15 is 0 Å². The Hall–Kier alpha value is -0.0800. The third-order valence-electron chi connectivity index (χ3n) is 3.82. The average Bonchev–Trinajstić information content (AvgIpc) is 2.62. The second-order valence-electron chi connectivity index (χ2n) is 4.29. The van der Waals surface area contributed by atoms with Gasteiger partial charge < -0.3 is 10.2 Å². The fourth-order valence-corrected chi connectivity index (χ4v) is 3.07. The van der Waals surface area contributed by atoms with E-state index in [1.165, 1.54) is 19.6 Å². The summed E-state index contributed by atoms with van der Waals surface area (Å²) in [5.74, 6) is 3.03. The summed E-state index contributed by atoms with van der Waals surface area (Å²) in [5.41, 5.74) is 0. The molecule has 1 saturated heterocycles. The molecular formula is C10H20N2. The third kappa shape index (κ3) is 1.09. The van der Waals surface area contributed by atoms with Gasteiger partial charge in [-0.05, 0) is 44.8 Å². The molecule has 0 radical (unpaired) electrons. The Bertz CT molecular complexity index is 169. The second-order valence-corrected chi connectivity index (χ2v) is 4.29. The number of hydrogen-bond donors (Lipinski definition) is 1. The molecule has 0 aromatic rings. The van der Waals surface area contributed by atoms with Crippen LogP contribution in [0.3, 0.4) is 0 Å². The Labute approximate surface area is 75.3 Å². The molecule has 1 aliphatic carbocycles. The molecule has 0 aromatic carbocycles. The number of piperidine rings is 1. The van der Waals surface area contributed by atoms with E-state index in [0.29, 0.717) is 0 Å². The molecule has 70 valence electrons. The van der Waals surface area contributed by atoms with Crippen molar-refractivity contribution in [1.82, 2.24) is 10.2 Å². The SMILES string of the molecule is CCN1C[C@H]2C(CNC)[C@H]2[C@H]1C. The largest absolute Gasteiger partial charge is 0.319 e. The molecular weight excluding hydrogens is 148 g/mol. The zero-order valence-electron chi connectivity index (χ0n) is 8.38. The van der Waals surface area contributed by atoms with Gasteiger partial charge in [0.1, 0.15) is 0 Å². The van der Waals surface area contributed by atoms with E-state index < -0.39 is 0 Å². The van der Waals surface area contributed by atoms with Crippen molar-refractivity contribution in [3.63, 3.8) is 0 Å². The highest BCUT2D eigenvalue weighted by Gasteiger charge is 2.58.